The third kappa shape index (κ3) is 3.74. The fourth-order valence-corrected chi connectivity index (χ4v) is 4.55. The van der Waals surface area contributed by atoms with Gasteiger partial charge in [0.2, 0.25) is 0 Å². The molecule has 0 aromatic rings. The van der Waals surface area contributed by atoms with Crippen molar-refractivity contribution in [2.24, 2.45) is 16.7 Å². The lowest BCUT2D eigenvalue weighted by Crippen LogP contribution is -2.47. The fourth-order valence-electron chi connectivity index (χ4n) is 4.55. The van der Waals surface area contributed by atoms with Crippen LogP contribution in [0.1, 0.15) is 53.9 Å². The molecular weight excluding hydrogens is 290 g/mol. The van der Waals surface area contributed by atoms with Crippen LogP contribution in [0.2, 0.25) is 0 Å². The van der Waals surface area contributed by atoms with Crippen LogP contribution in [-0.2, 0) is 14.3 Å². The van der Waals surface area contributed by atoms with E-state index >= 15 is 0 Å². The number of carbonyl (C=O) groups excluding carboxylic acids is 1. The van der Waals surface area contributed by atoms with Gasteiger partial charge in [-0.3, -0.25) is 0 Å². The molecule has 0 spiro atoms. The predicted octanol–water partition coefficient (Wildman–Crippen LogP) is 3.25. The molecular formula is C19H36NO3+. The van der Waals surface area contributed by atoms with Gasteiger partial charge >= 0.3 is 5.97 Å². The number of hydrogen-bond donors (Lipinski definition) is 0. The first kappa shape index (κ1) is 18.7. The number of likely N-dealkylation sites (N-methyl/N-ethyl adjacent to an activating group) is 1. The first-order valence-electron chi connectivity index (χ1n) is 9.11. The van der Waals surface area contributed by atoms with Crippen molar-refractivity contribution in [3.05, 3.63) is 0 Å². The summed E-state index contributed by atoms with van der Waals surface area (Å²) in [7, 11) is 4.13. The van der Waals surface area contributed by atoms with Gasteiger partial charge in [0.15, 0.2) is 6.54 Å². The Kier molecular flexibility index (Phi) is 5.18. The highest BCUT2D eigenvalue weighted by atomic mass is 16.5. The number of ether oxygens (including phenoxy) is 2. The molecule has 2 saturated carbocycles. The summed E-state index contributed by atoms with van der Waals surface area (Å²) < 4.78 is 12.2. The molecule has 134 valence electrons. The molecule has 0 saturated heterocycles. The molecule has 2 rings (SSSR count). The normalized spacial score (nSPS) is 32.5. The van der Waals surface area contributed by atoms with E-state index in [9.17, 15) is 4.79 Å². The van der Waals surface area contributed by atoms with Gasteiger partial charge in [-0.2, -0.15) is 0 Å². The summed E-state index contributed by atoms with van der Waals surface area (Å²) in [6, 6.07) is 0. The smallest absolute Gasteiger partial charge is 0.362 e. The minimum absolute atomic E-state index is 0.0463. The summed E-state index contributed by atoms with van der Waals surface area (Å²) in [5, 5.41) is 0. The number of quaternary nitrogens is 1. The molecule has 0 radical (unpaired) electrons. The zero-order chi connectivity index (χ0) is 17.5. The van der Waals surface area contributed by atoms with Gasteiger partial charge < -0.3 is 14.0 Å². The Bertz CT molecular complexity index is 444. The van der Waals surface area contributed by atoms with Crippen LogP contribution in [0, 0.1) is 16.7 Å². The summed E-state index contributed by atoms with van der Waals surface area (Å²) in [5.41, 5.74) is 0.703. The Morgan fingerprint density at radius 2 is 1.91 bits per heavy atom. The molecule has 4 nitrogen and oxygen atoms in total. The van der Waals surface area contributed by atoms with E-state index < -0.39 is 0 Å². The second kappa shape index (κ2) is 6.36. The van der Waals surface area contributed by atoms with Crippen molar-refractivity contribution in [2.45, 2.75) is 66.1 Å². The average Bonchev–Trinajstić information content (AvgIpc) is 2.69. The Labute approximate surface area is 142 Å². The van der Waals surface area contributed by atoms with Crippen LogP contribution < -0.4 is 0 Å². The van der Waals surface area contributed by atoms with Gasteiger partial charge in [-0.15, -0.1) is 0 Å². The van der Waals surface area contributed by atoms with E-state index in [1.807, 2.05) is 13.8 Å². The second-order valence-electron chi connectivity index (χ2n) is 9.33. The molecule has 2 aliphatic rings. The molecule has 0 heterocycles. The van der Waals surface area contributed by atoms with Gasteiger partial charge in [-0.1, -0.05) is 20.8 Å². The second-order valence-corrected chi connectivity index (χ2v) is 9.33. The zero-order valence-electron chi connectivity index (χ0n) is 16.1. The SMILES string of the molecule is CC(C)OC(=O)C[N+](C)(C)CCO[C@H]1C[C@H]2CC[C@]1(C)C2(C)C. The largest absolute Gasteiger partial charge is 0.459 e. The van der Waals surface area contributed by atoms with Crippen LogP contribution in [0.5, 0.6) is 0 Å². The Morgan fingerprint density at radius 3 is 2.39 bits per heavy atom. The highest BCUT2D eigenvalue weighted by Crippen LogP contribution is 2.66. The van der Waals surface area contributed by atoms with Gasteiger partial charge in [0.05, 0.1) is 32.9 Å². The number of esters is 1. The quantitative estimate of drug-likeness (QED) is 0.532. The monoisotopic (exact) mass is 326 g/mol. The summed E-state index contributed by atoms with van der Waals surface area (Å²) >= 11 is 0. The summed E-state index contributed by atoms with van der Waals surface area (Å²) in [5.74, 6) is 0.680. The van der Waals surface area contributed by atoms with Crippen LogP contribution in [-0.4, -0.2) is 56.5 Å². The van der Waals surface area contributed by atoms with Crippen LogP contribution in [0.15, 0.2) is 0 Å². The van der Waals surface area contributed by atoms with Crippen LogP contribution in [0.4, 0.5) is 0 Å². The molecule has 0 unspecified atom stereocenters. The van der Waals surface area contributed by atoms with Crippen LogP contribution in [0.25, 0.3) is 0 Å². The van der Waals surface area contributed by atoms with Crippen molar-refractivity contribution in [3.63, 3.8) is 0 Å². The molecule has 0 aromatic carbocycles. The van der Waals surface area contributed by atoms with Crippen molar-refractivity contribution in [2.75, 3.05) is 33.8 Å². The van der Waals surface area contributed by atoms with E-state index in [1.54, 1.807) is 0 Å². The van der Waals surface area contributed by atoms with E-state index in [2.05, 4.69) is 34.9 Å². The predicted molar refractivity (Wildman–Crippen MR) is 92.0 cm³/mol. The summed E-state index contributed by atoms with van der Waals surface area (Å²) in [4.78, 5) is 11.9. The Morgan fingerprint density at radius 1 is 1.26 bits per heavy atom. The number of rotatable bonds is 7. The maximum Gasteiger partial charge on any atom is 0.362 e. The molecule has 2 fully saturated rings. The van der Waals surface area contributed by atoms with E-state index in [4.69, 9.17) is 9.47 Å². The summed E-state index contributed by atoms with van der Waals surface area (Å²) in [6.45, 7) is 13.0. The Hall–Kier alpha value is -0.610. The molecule has 0 aliphatic heterocycles. The maximum atomic E-state index is 11.9. The zero-order valence-corrected chi connectivity index (χ0v) is 16.1. The van der Waals surface area contributed by atoms with Crippen LogP contribution >= 0.6 is 0 Å². The van der Waals surface area contributed by atoms with E-state index in [0.29, 0.717) is 34.6 Å². The van der Waals surface area contributed by atoms with E-state index in [1.165, 1.54) is 19.3 Å². The lowest BCUT2D eigenvalue weighted by molar-refractivity contribution is -0.883. The van der Waals surface area contributed by atoms with Crippen molar-refractivity contribution in [1.82, 2.24) is 0 Å². The third-order valence-electron chi connectivity index (χ3n) is 6.65. The van der Waals surface area contributed by atoms with Crippen LogP contribution in [0.3, 0.4) is 0 Å². The van der Waals surface area contributed by atoms with Gasteiger partial charge in [-0.05, 0) is 49.9 Å². The summed E-state index contributed by atoms with van der Waals surface area (Å²) in [6.07, 6.45) is 4.17. The first-order valence-corrected chi connectivity index (χ1v) is 9.11. The lowest BCUT2D eigenvalue weighted by Gasteiger charge is -2.39. The third-order valence-corrected chi connectivity index (χ3v) is 6.65. The van der Waals surface area contributed by atoms with Gasteiger partial charge in [-0.25, -0.2) is 4.79 Å². The molecule has 2 bridgehead atoms. The highest BCUT2D eigenvalue weighted by molar-refractivity contribution is 5.70. The Balaban J connectivity index is 1.80. The van der Waals surface area contributed by atoms with E-state index in [0.717, 1.165) is 12.5 Å². The van der Waals surface area contributed by atoms with Crippen molar-refractivity contribution in [3.8, 4) is 0 Å². The van der Waals surface area contributed by atoms with Crippen molar-refractivity contribution < 1.29 is 18.8 Å². The number of fused-ring (bicyclic) bond motifs is 2. The van der Waals surface area contributed by atoms with Gasteiger partial charge in [0.1, 0.15) is 6.54 Å². The number of nitrogens with zero attached hydrogens (tertiary/aromatic N) is 1. The lowest BCUT2D eigenvalue weighted by atomic mass is 9.70. The maximum absolute atomic E-state index is 11.9. The molecule has 3 atom stereocenters. The topological polar surface area (TPSA) is 35.5 Å². The van der Waals surface area contributed by atoms with Crippen molar-refractivity contribution >= 4 is 5.97 Å². The van der Waals surface area contributed by atoms with Crippen molar-refractivity contribution in [1.29, 1.82) is 0 Å². The molecule has 0 aromatic heterocycles. The standard InChI is InChI=1S/C19H36NO3/c1-14(2)23-17(21)13-20(6,7)10-11-22-16-12-15-8-9-19(16,5)18(15,3)4/h14-16H,8-13H2,1-7H3/q+1/t15-,16+,19+/m1/s1. The minimum atomic E-state index is -0.127. The first-order chi connectivity index (χ1) is 10.5. The molecule has 23 heavy (non-hydrogen) atoms. The average molecular weight is 327 g/mol. The van der Waals surface area contributed by atoms with E-state index in [-0.39, 0.29) is 12.1 Å². The number of hydrogen-bond acceptors (Lipinski definition) is 3. The fraction of sp³-hybridized carbons (Fsp3) is 0.947. The molecule has 2 aliphatic carbocycles. The highest BCUT2D eigenvalue weighted by Gasteiger charge is 2.61. The van der Waals surface area contributed by atoms with Gasteiger partial charge in [0.25, 0.3) is 0 Å². The van der Waals surface area contributed by atoms with Gasteiger partial charge in [0, 0.05) is 0 Å². The minimum Gasteiger partial charge on any atom is -0.459 e. The molecule has 4 heteroatoms. The molecule has 0 N–H and O–H groups in total. The molecule has 0 amide bonds. The number of carbonyl (C=O) groups is 1.